The van der Waals surface area contributed by atoms with Crippen molar-refractivity contribution in [2.75, 3.05) is 38.2 Å². The molecule has 1 aromatic heterocycles. The van der Waals surface area contributed by atoms with Crippen LogP contribution in [0.4, 0.5) is 5.69 Å². The number of nitrogens with zero attached hydrogens (tertiary/aromatic N) is 1. The van der Waals surface area contributed by atoms with Crippen LogP contribution in [-0.2, 0) is 24.3 Å². The second kappa shape index (κ2) is 9.34. The third-order valence-electron chi connectivity index (χ3n) is 5.37. The van der Waals surface area contributed by atoms with E-state index in [0.717, 1.165) is 22.0 Å². The van der Waals surface area contributed by atoms with Crippen LogP contribution in [0.3, 0.4) is 0 Å². The van der Waals surface area contributed by atoms with Crippen LogP contribution in [0.1, 0.15) is 21.6 Å². The zero-order valence-corrected chi connectivity index (χ0v) is 19.2. The molecule has 0 radical (unpaired) electrons. The lowest BCUT2D eigenvalue weighted by Crippen LogP contribution is -2.40. The lowest BCUT2D eigenvalue weighted by atomic mass is 10.1. The van der Waals surface area contributed by atoms with Crippen LogP contribution in [-0.4, -0.2) is 62.5 Å². The van der Waals surface area contributed by atoms with Crippen LogP contribution in [0, 0.1) is 13.8 Å². The van der Waals surface area contributed by atoms with Crippen molar-refractivity contribution in [3.63, 3.8) is 0 Å². The van der Waals surface area contributed by atoms with Gasteiger partial charge in [0, 0.05) is 29.7 Å². The van der Waals surface area contributed by atoms with E-state index in [1.54, 1.807) is 18.2 Å². The summed E-state index contributed by atoms with van der Waals surface area (Å²) in [7, 11) is -3.69. The van der Waals surface area contributed by atoms with Gasteiger partial charge in [0.05, 0.1) is 18.1 Å². The molecule has 3 aromatic rings. The predicted octanol–water partition coefficient (Wildman–Crippen LogP) is 2.60. The average molecular weight is 472 g/mol. The molecule has 10 heteroatoms. The molecule has 2 aromatic carbocycles. The topological polar surface area (TPSA) is 118 Å². The van der Waals surface area contributed by atoms with Gasteiger partial charge in [-0.15, -0.1) is 0 Å². The Hall–Kier alpha value is -3.21. The summed E-state index contributed by atoms with van der Waals surface area (Å²) in [6.07, 6.45) is 0. The lowest BCUT2D eigenvalue weighted by molar-refractivity contribution is -0.119. The number of fused-ring (bicyclic) bond motifs is 1. The monoisotopic (exact) mass is 471 g/mol. The van der Waals surface area contributed by atoms with Gasteiger partial charge in [0.1, 0.15) is 5.69 Å². The number of nitrogens with one attached hydrogen (secondary N) is 2. The maximum Gasteiger partial charge on any atom is 0.355 e. The summed E-state index contributed by atoms with van der Waals surface area (Å²) < 4.78 is 37.3. The van der Waals surface area contributed by atoms with Gasteiger partial charge in [-0.2, -0.15) is 4.31 Å². The number of hydrogen-bond donors (Lipinski definition) is 2. The van der Waals surface area contributed by atoms with E-state index in [4.69, 9.17) is 9.47 Å². The maximum atomic E-state index is 12.8. The van der Waals surface area contributed by atoms with E-state index >= 15 is 0 Å². The third kappa shape index (κ3) is 5.08. The first kappa shape index (κ1) is 23.0. The summed E-state index contributed by atoms with van der Waals surface area (Å²) in [4.78, 5) is 27.8. The number of sulfonamides is 1. The highest BCUT2D eigenvalue weighted by atomic mass is 32.2. The number of rotatable bonds is 6. The summed E-state index contributed by atoms with van der Waals surface area (Å²) in [5.74, 6) is -1.23. The second-order valence-electron chi connectivity index (χ2n) is 7.89. The number of H-pyrrole nitrogens is 1. The first-order valence-corrected chi connectivity index (χ1v) is 11.9. The molecule has 1 fully saturated rings. The molecule has 2 N–H and O–H groups in total. The highest BCUT2D eigenvalue weighted by Gasteiger charge is 2.26. The number of aryl methyl sites for hydroxylation is 2. The normalized spacial score (nSPS) is 14.8. The molecule has 174 valence electrons. The fraction of sp³-hybridized carbons (Fsp3) is 0.304. The summed E-state index contributed by atoms with van der Waals surface area (Å²) >= 11 is 0. The highest BCUT2D eigenvalue weighted by Crippen LogP contribution is 2.22. The van der Waals surface area contributed by atoms with Gasteiger partial charge in [0.15, 0.2) is 6.61 Å². The number of esters is 1. The van der Waals surface area contributed by atoms with Crippen LogP contribution in [0.5, 0.6) is 0 Å². The van der Waals surface area contributed by atoms with E-state index in [9.17, 15) is 18.0 Å². The molecule has 1 saturated heterocycles. The third-order valence-corrected chi connectivity index (χ3v) is 7.26. The molecule has 0 saturated carbocycles. The number of aromatic amines is 1. The van der Waals surface area contributed by atoms with Crippen molar-refractivity contribution in [1.29, 1.82) is 0 Å². The van der Waals surface area contributed by atoms with Gasteiger partial charge in [0.25, 0.3) is 5.91 Å². The van der Waals surface area contributed by atoms with Crippen molar-refractivity contribution in [3.05, 3.63) is 59.3 Å². The first-order chi connectivity index (χ1) is 15.7. The number of morpholine rings is 1. The number of amides is 1. The van der Waals surface area contributed by atoms with Crippen LogP contribution in [0.2, 0.25) is 0 Å². The highest BCUT2D eigenvalue weighted by molar-refractivity contribution is 7.89. The van der Waals surface area contributed by atoms with E-state index in [1.165, 1.54) is 16.4 Å². The molecule has 0 bridgehead atoms. The Labute approximate surface area is 191 Å². The molecule has 4 rings (SSSR count). The minimum Gasteiger partial charge on any atom is -0.451 e. The van der Waals surface area contributed by atoms with Crippen molar-refractivity contribution in [2.24, 2.45) is 0 Å². The Morgan fingerprint density at radius 2 is 1.88 bits per heavy atom. The molecular weight excluding hydrogens is 446 g/mol. The van der Waals surface area contributed by atoms with Crippen molar-refractivity contribution >= 4 is 38.5 Å². The summed E-state index contributed by atoms with van der Waals surface area (Å²) in [5, 5.41) is 3.49. The number of anilines is 1. The standard InChI is InChI=1S/C23H25N3O6S/c1-15-10-16(2)19-13-21(25-20(19)11-15)23(28)32-14-22(27)24-17-4-3-5-18(12-17)33(29,30)26-6-8-31-9-7-26/h3-5,10-13,25H,6-9,14H2,1-2H3,(H,24,27). The molecule has 0 atom stereocenters. The molecule has 0 unspecified atom stereocenters. The van der Waals surface area contributed by atoms with Gasteiger partial charge in [0.2, 0.25) is 10.0 Å². The molecule has 33 heavy (non-hydrogen) atoms. The molecule has 1 aliphatic heterocycles. The smallest absolute Gasteiger partial charge is 0.355 e. The Bertz CT molecular complexity index is 1310. The molecule has 2 heterocycles. The van der Waals surface area contributed by atoms with Crippen molar-refractivity contribution in [1.82, 2.24) is 9.29 Å². The van der Waals surface area contributed by atoms with Gasteiger partial charge in [-0.25, -0.2) is 13.2 Å². The van der Waals surface area contributed by atoms with Crippen LogP contribution in [0.25, 0.3) is 10.9 Å². The second-order valence-corrected chi connectivity index (χ2v) is 9.83. The average Bonchev–Trinajstić information content (AvgIpc) is 3.23. The molecule has 0 aliphatic carbocycles. The summed E-state index contributed by atoms with van der Waals surface area (Å²) in [6, 6.07) is 11.6. The number of hydrogen-bond acceptors (Lipinski definition) is 6. The molecule has 9 nitrogen and oxygen atoms in total. The number of carbonyl (C=O) groups is 2. The van der Waals surface area contributed by atoms with Gasteiger partial charge in [-0.05, 0) is 55.3 Å². The molecule has 0 spiro atoms. The summed E-state index contributed by atoms with van der Waals surface area (Å²) in [5.41, 5.74) is 3.47. The van der Waals surface area contributed by atoms with Gasteiger partial charge >= 0.3 is 5.97 Å². The lowest BCUT2D eigenvalue weighted by Gasteiger charge is -2.26. The van der Waals surface area contributed by atoms with Crippen LogP contribution < -0.4 is 5.32 Å². The Balaban J connectivity index is 1.39. The fourth-order valence-corrected chi connectivity index (χ4v) is 5.24. The number of aromatic nitrogens is 1. The van der Waals surface area contributed by atoms with Crippen molar-refractivity contribution in [3.8, 4) is 0 Å². The predicted molar refractivity (Wildman–Crippen MR) is 123 cm³/mol. The Morgan fingerprint density at radius 3 is 2.64 bits per heavy atom. The van der Waals surface area contributed by atoms with E-state index in [-0.39, 0.29) is 23.7 Å². The minimum absolute atomic E-state index is 0.0722. The number of benzene rings is 2. The largest absolute Gasteiger partial charge is 0.451 e. The van der Waals surface area contributed by atoms with E-state index in [1.807, 2.05) is 26.0 Å². The maximum absolute atomic E-state index is 12.8. The zero-order chi connectivity index (χ0) is 23.6. The van der Waals surface area contributed by atoms with Crippen molar-refractivity contribution in [2.45, 2.75) is 18.7 Å². The van der Waals surface area contributed by atoms with Gasteiger partial charge in [-0.3, -0.25) is 4.79 Å². The van der Waals surface area contributed by atoms with Crippen LogP contribution >= 0.6 is 0 Å². The number of carbonyl (C=O) groups excluding carboxylic acids is 2. The van der Waals surface area contributed by atoms with Gasteiger partial charge < -0.3 is 19.8 Å². The number of ether oxygens (including phenoxy) is 2. The quantitative estimate of drug-likeness (QED) is 0.534. The summed E-state index contributed by atoms with van der Waals surface area (Å²) in [6.45, 7) is 4.67. The SMILES string of the molecule is Cc1cc(C)c2cc(C(=O)OCC(=O)Nc3cccc(S(=O)(=O)N4CCOCC4)c3)[nH]c2c1. The van der Waals surface area contributed by atoms with Gasteiger partial charge in [-0.1, -0.05) is 12.1 Å². The Morgan fingerprint density at radius 1 is 1.12 bits per heavy atom. The fourth-order valence-electron chi connectivity index (χ4n) is 3.79. The van der Waals surface area contributed by atoms with E-state index in [0.29, 0.717) is 18.9 Å². The molecule has 1 aliphatic rings. The zero-order valence-electron chi connectivity index (χ0n) is 18.4. The van der Waals surface area contributed by atoms with Crippen LogP contribution in [0.15, 0.2) is 47.4 Å². The first-order valence-electron chi connectivity index (χ1n) is 10.5. The van der Waals surface area contributed by atoms with Crippen molar-refractivity contribution < 1.29 is 27.5 Å². The van der Waals surface area contributed by atoms with E-state index in [2.05, 4.69) is 10.3 Å². The molecular formula is C23H25N3O6S. The van der Waals surface area contributed by atoms with E-state index < -0.39 is 28.5 Å². The Kier molecular flexibility index (Phi) is 6.50. The molecule has 1 amide bonds. The minimum atomic E-state index is -3.69.